The molecule has 6 rings (SSSR count). The molecule has 0 spiro atoms. The van der Waals surface area contributed by atoms with Gasteiger partial charge in [0.05, 0.1) is 16.6 Å². The molecule has 8 nitrogen and oxygen atoms in total. The van der Waals surface area contributed by atoms with Crippen molar-refractivity contribution in [2.45, 2.75) is 95.9 Å². The SMILES string of the molecule is Cc1nn(C2CCCCC2)c2sc(C(=O)N[C@H]3CC[C@H](N4CCCN(C(=O)OCc5ccccc5)CC4)CC3)cc12. The van der Waals surface area contributed by atoms with Crippen LogP contribution in [0.3, 0.4) is 0 Å². The normalized spacial score (nSPS) is 22.9. The summed E-state index contributed by atoms with van der Waals surface area (Å²) in [6, 6.07) is 13.1. The van der Waals surface area contributed by atoms with Crippen molar-refractivity contribution < 1.29 is 14.3 Å². The summed E-state index contributed by atoms with van der Waals surface area (Å²) < 4.78 is 7.78. The number of rotatable bonds is 6. The van der Waals surface area contributed by atoms with Gasteiger partial charge in [0.2, 0.25) is 0 Å². The molecule has 2 saturated carbocycles. The summed E-state index contributed by atoms with van der Waals surface area (Å²) >= 11 is 1.60. The summed E-state index contributed by atoms with van der Waals surface area (Å²) in [5.74, 6) is 0.0590. The third-order valence-electron chi connectivity index (χ3n) is 9.25. The molecule has 1 aliphatic heterocycles. The number of carbonyl (C=O) groups is 2. The van der Waals surface area contributed by atoms with Gasteiger partial charge >= 0.3 is 6.09 Å². The number of aryl methyl sites for hydroxylation is 1. The number of amides is 2. The molecule has 2 amide bonds. The molecular weight excluding hydrogens is 534 g/mol. The summed E-state index contributed by atoms with van der Waals surface area (Å²) in [6.07, 6.45) is 11.1. The number of aromatic nitrogens is 2. The lowest BCUT2D eigenvalue weighted by Crippen LogP contribution is -2.45. The summed E-state index contributed by atoms with van der Waals surface area (Å²) in [5.41, 5.74) is 2.04. The number of carbonyl (C=O) groups excluding carboxylic acids is 2. The fourth-order valence-electron chi connectivity index (χ4n) is 6.89. The number of ether oxygens (including phenoxy) is 1. The number of hydrogen-bond donors (Lipinski definition) is 1. The number of nitrogens with one attached hydrogen (secondary N) is 1. The van der Waals surface area contributed by atoms with E-state index >= 15 is 0 Å². The standard InChI is InChI=1S/C32H43N5O3S/c1-23-28-21-29(41-31(28)37(34-23)27-11-6-3-7-12-27)30(38)33-25-13-15-26(16-14-25)35-17-8-18-36(20-19-35)32(39)40-22-24-9-4-2-5-10-24/h2,4-5,9-10,21,25-27H,3,6-8,11-20,22H2,1H3,(H,33,38)/t25-,26-. The van der Waals surface area contributed by atoms with Crippen LogP contribution in [-0.4, -0.2) is 69.8 Å². The van der Waals surface area contributed by atoms with Crippen LogP contribution in [0, 0.1) is 6.92 Å². The average molecular weight is 578 g/mol. The minimum absolute atomic E-state index is 0.0590. The Hall–Kier alpha value is -2.91. The Bertz CT molecular complexity index is 1320. The Balaban J connectivity index is 0.974. The maximum absolute atomic E-state index is 13.3. The van der Waals surface area contributed by atoms with Gasteiger partial charge in [-0.2, -0.15) is 5.10 Å². The lowest BCUT2D eigenvalue weighted by molar-refractivity contribution is 0.0901. The van der Waals surface area contributed by atoms with E-state index in [-0.39, 0.29) is 18.0 Å². The van der Waals surface area contributed by atoms with Gasteiger partial charge in [0.1, 0.15) is 11.4 Å². The first-order valence-electron chi connectivity index (χ1n) is 15.5. The van der Waals surface area contributed by atoms with E-state index in [2.05, 4.69) is 27.9 Å². The second-order valence-electron chi connectivity index (χ2n) is 12.0. The van der Waals surface area contributed by atoms with E-state index in [9.17, 15) is 9.59 Å². The Labute approximate surface area is 247 Å². The molecule has 1 N–H and O–H groups in total. The molecule has 2 aliphatic carbocycles. The van der Waals surface area contributed by atoms with Crippen LogP contribution in [0.1, 0.15) is 91.2 Å². The number of nitrogens with zero attached hydrogens (tertiary/aromatic N) is 4. The molecule has 1 aromatic carbocycles. The first-order valence-corrected chi connectivity index (χ1v) is 16.4. The highest BCUT2D eigenvalue weighted by Crippen LogP contribution is 2.35. The minimum Gasteiger partial charge on any atom is -0.445 e. The molecule has 41 heavy (non-hydrogen) atoms. The smallest absolute Gasteiger partial charge is 0.410 e. The van der Waals surface area contributed by atoms with Crippen molar-refractivity contribution in [1.82, 2.24) is 24.9 Å². The second kappa shape index (κ2) is 12.9. The highest BCUT2D eigenvalue weighted by atomic mass is 32.1. The second-order valence-corrected chi connectivity index (χ2v) is 13.1. The zero-order valence-corrected chi connectivity index (χ0v) is 25.0. The van der Waals surface area contributed by atoms with Gasteiger partial charge in [-0.15, -0.1) is 11.3 Å². The van der Waals surface area contributed by atoms with Crippen LogP contribution >= 0.6 is 11.3 Å². The molecule has 0 unspecified atom stereocenters. The van der Waals surface area contributed by atoms with Gasteiger partial charge in [0.25, 0.3) is 5.91 Å². The Morgan fingerprint density at radius 1 is 0.927 bits per heavy atom. The van der Waals surface area contributed by atoms with Gasteiger partial charge in [-0.25, -0.2) is 4.79 Å². The first-order chi connectivity index (χ1) is 20.0. The van der Waals surface area contributed by atoms with Crippen LogP contribution in [-0.2, 0) is 11.3 Å². The van der Waals surface area contributed by atoms with Crippen molar-refractivity contribution in [2.24, 2.45) is 0 Å². The van der Waals surface area contributed by atoms with E-state index in [1.807, 2.05) is 35.2 Å². The Kier molecular flexibility index (Phi) is 8.91. The number of benzene rings is 1. The summed E-state index contributed by atoms with van der Waals surface area (Å²) in [5, 5.41) is 9.32. The molecule has 0 atom stereocenters. The topological polar surface area (TPSA) is 79.7 Å². The van der Waals surface area contributed by atoms with Crippen LogP contribution in [0.2, 0.25) is 0 Å². The lowest BCUT2D eigenvalue weighted by Gasteiger charge is -2.36. The van der Waals surface area contributed by atoms with Gasteiger partial charge in [0.15, 0.2) is 0 Å². The van der Waals surface area contributed by atoms with Crippen molar-refractivity contribution in [2.75, 3.05) is 26.2 Å². The Morgan fingerprint density at radius 3 is 2.49 bits per heavy atom. The molecule has 0 radical (unpaired) electrons. The van der Waals surface area contributed by atoms with E-state index in [1.165, 1.54) is 32.1 Å². The van der Waals surface area contributed by atoms with E-state index in [4.69, 9.17) is 9.84 Å². The van der Waals surface area contributed by atoms with Gasteiger partial charge in [-0.05, 0) is 63.5 Å². The van der Waals surface area contributed by atoms with Crippen LogP contribution in [0.15, 0.2) is 36.4 Å². The summed E-state index contributed by atoms with van der Waals surface area (Å²) in [7, 11) is 0. The number of fused-ring (bicyclic) bond motifs is 1. The zero-order valence-electron chi connectivity index (χ0n) is 24.2. The molecular formula is C32H43N5O3S. The molecule has 220 valence electrons. The van der Waals surface area contributed by atoms with E-state index in [1.54, 1.807) is 11.3 Å². The van der Waals surface area contributed by atoms with Crippen LogP contribution < -0.4 is 5.32 Å². The molecule has 3 heterocycles. The third kappa shape index (κ3) is 6.61. The fraction of sp³-hybridized carbons (Fsp3) is 0.594. The van der Waals surface area contributed by atoms with Crippen LogP contribution in [0.25, 0.3) is 10.2 Å². The predicted molar refractivity (Wildman–Crippen MR) is 162 cm³/mol. The van der Waals surface area contributed by atoms with Gasteiger partial charge in [0, 0.05) is 43.6 Å². The molecule has 1 saturated heterocycles. The lowest BCUT2D eigenvalue weighted by atomic mass is 9.90. The maximum Gasteiger partial charge on any atom is 0.410 e. The van der Waals surface area contributed by atoms with Gasteiger partial charge < -0.3 is 15.0 Å². The first kappa shape index (κ1) is 28.2. The van der Waals surface area contributed by atoms with Crippen LogP contribution in [0.4, 0.5) is 4.79 Å². The zero-order chi connectivity index (χ0) is 28.2. The minimum atomic E-state index is -0.218. The predicted octanol–water partition coefficient (Wildman–Crippen LogP) is 6.30. The van der Waals surface area contributed by atoms with Gasteiger partial charge in [-0.1, -0.05) is 49.6 Å². The monoisotopic (exact) mass is 577 g/mol. The van der Waals surface area contributed by atoms with Crippen molar-refractivity contribution in [3.8, 4) is 0 Å². The average Bonchev–Trinajstić information content (AvgIpc) is 3.48. The van der Waals surface area contributed by atoms with Crippen molar-refractivity contribution in [1.29, 1.82) is 0 Å². The Morgan fingerprint density at radius 2 is 1.71 bits per heavy atom. The fourth-order valence-corrected chi connectivity index (χ4v) is 8.03. The van der Waals surface area contributed by atoms with E-state index in [0.29, 0.717) is 25.2 Å². The van der Waals surface area contributed by atoms with Crippen molar-refractivity contribution in [3.05, 3.63) is 52.5 Å². The van der Waals surface area contributed by atoms with E-state index < -0.39 is 0 Å². The number of hydrogen-bond acceptors (Lipinski definition) is 6. The van der Waals surface area contributed by atoms with E-state index in [0.717, 1.165) is 78.1 Å². The van der Waals surface area contributed by atoms with Crippen molar-refractivity contribution >= 4 is 33.6 Å². The number of thiophene rings is 1. The highest BCUT2D eigenvalue weighted by Gasteiger charge is 2.30. The molecule has 3 aliphatic rings. The summed E-state index contributed by atoms with van der Waals surface area (Å²) in [6.45, 7) is 5.70. The molecule has 3 fully saturated rings. The maximum atomic E-state index is 13.3. The van der Waals surface area contributed by atoms with Gasteiger partial charge in [-0.3, -0.25) is 14.4 Å². The third-order valence-corrected chi connectivity index (χ3v) is 10.4. The van der Waals surface area contributed by atoms with Crippen molar-refractivity contribution in [3.63, 3.8) is 0 Å². The molecule has 0 bridgehead atoms. The largest absolute Gasteiger partial charge is 0.445 e. The quantitative estimate of drug-likeness (QED) is 0.372. The van der Waals surface area contributed by atoms with Crippen LogP contribution in [0.5, 0.6) is 0 Å². The molecule has 9 heteroatoms. The molecule has 2 aromatic heterocycles. The highest BCUT2D eigenvalue weighted by molar-refractivity contribution is 7.20. The summed E-state index contributed by atoms with van der Waals surface area (Å²) in [4.78, 5) is 32.3. The molecule has 3 aromatic rings.